The van der Waals surface area contributed by atoms with Crippen LogP contribution in [0.5, 0.6) is 0 Å². The Labute approximate surface area is 146 Å². The third-order valence-electron chi connectivity index (χ3n) is 5.50. The van der Waals surface area contributed by atoms with Gasteiger partial charge in [-0.3, -0.25) is 0 Å². The normalized spacial score (nSPS) is 36.6. The highest BCUT2D eigenvalue weighted by atomic mass is 16.7. The van der Waals surface area contributed by atoms with E-state index < -0.39 is 5.79 Å². The zero-order valence-electron chi connectivity index (χ0n) is 14.9. The van der Waals surface area contributed by atoms with Crippen molar-refractivity contribution in [2.75, 3.05) is 6.61 Å². The summed E-state index contributed by atoms with van der Waals surface area (Å²) in [7, 11) is 0. The van der Waals surface area contributed by atoms with Crippen molar-refractivity contribution in [2.45, 2.75) is 64.1 Å². The summed E-state index contributed by atoms with van der Waals surface area (Å²) in [5.74, 6) is 0.582. The minimum atomic E-state index is -0.432. The van der Waals surface area contributed by atoms with Crippen LogP contribution in [0.15, 0.2) is 43.0 Å². The summed E-state index contributed by atoms with van der Waals surface area (Å²) in [6.45, 7) is 9.65. The van der Waals surface area contributed by atoms with E-state index in [4.69, 9.17) is 14.2 Å². The lowest BCUT2D eigenvalue weighted by Gasteiger charge is -2.49. The Balaban J connectivity index is 1.56. The molecular weight excluding hydrogens is 300 g/mol. The number of rotatable bonds is 5. The van der Waals surface area contributed by atoms with Gasteiger partial charge in [-0.1, -0.05) is 50.3 Å². The molecule has 3 heteroatoms. The van der Waals surface area contributed by atoms with Gasteiger partial charge in [-0.05, 0) is 30.2 Å². The van der Waals surface area contributed by atoms with Crippen LogP contribution in [0.3, 0.4) is 0 Å². The topological polar surface area (TPSA) is 27.7 Å². The molecule has 1 aromatic carbocycles. The number of hydrogen-bond acceptors (Lipinski definition) is 3. The molecule has 0 aromatic heterocycles. The Kier molecular flexibility index (Phi) is 5.75. The van der Waals surface area contributed by atoms with Gasteiger partial charge in [0.05, 0.1) is 25.4 Å². The molecular formula is C21H30O3. The van der Waals surface area contributed by atoms with Crippen molar-refractivity contribution in [2.24, 2.45) is 11.8 Å². The lowest BCUT2D eigenvalue weighted by Crippen LogP contribution is -2.52. The fourth-order valence-corrected chi connectivity index (χ4v) is 3.74. The molecule has 1 aromatic rings. The second-order valence-electron chi connectivity index (χ2n) is 7.42. The lowest BCUT2D eigenvalue weighted by atomic mass is 9.84. The monoisotopic (exact) mass is 330 g/mol. The molecule has 3 rings (SSSR count). The first-order chi connectivity index (χ1) is 11.6. The first kappa shape index (κ1) is 17.7. The van der Waals surface area contributed by atoms with Crippen LogP contribution < -0.4 is 0 Å². The highest BCUT2D eigenvalue weighted by Crippen LogP contribution is 2.42. The molecule has 0 aliphatic carbocycles. The fraction of sp³-hybridized carbons (Fsp3) is 0.619. The molecule has 1 spiro atoms. The SMILES string of the molecule is C=C[C@H]1O[C@@]2(CC[C@@H](C)[C@@H](COCc3ccccc3)O2)CC[C@@H]1C. The van der Waals surface area contributed by atoms with Crippen LogP contribution in [0, 0.1) is 11.8 Å². The highest BCUT2D eigenvalue weighted by molar-refractivity contribution is 5.13. The summed E-state index contributed by atoms with van der Waals surface area (Å²) in [4.78, 5) is 0. The van der Waals surface area contributed by atoms with Crippen LogP contribution in [0.25, 0.3) is 0 Å². The molecule has 0 N–H and O–H groups in total. The van der Waals surface area contributed by atoms with Gasteiger partial charge in [-0.15, -0.1) is 6.58 Å². The predicted octanol–water partition coefficient (Wildman–Crippen LogP) is 4.72. The smallest absolute Gasteiger partial charge is 0.169 e. The van der Waals surface area contributed by atoms with Gasteiger partial charge in [0, 0.05) is 12.8 Å². The molecule has 2 aliphatic rings. The molecule has 5 atom stereocenters. The van der Waals surface area contributed by atoms with Crippen molar-refractivity contribution in [1.82, 2.24) is 0 Å². The van der Waals surface area contributed by atoms with Crippen molar-refractivity contribution in [3.63, 3.8) is 0 Å². The molecule has 24 heavy (non-hydrogen) atoms. The average molecular weight is 330 g/mol. The van der Waals surface area contributed by atoms with Crippen LogP contribution in [0.2, 0.25) is 0 Å². The average Bonchev–Trinajstić information content (AvgIpc) is 2.61. The van der Waals surface area contributed by atoms with E-state index in [0.717, 1.165) is 25.7 Å². The standard InChI is InChI=1S/C21H30O3/c1-4-19-16(2)10-12-21(23-19)13-11-17(3)20(24-21)15-22-14-18-8-6-5-7-9-18/h4-9,16-17,19-20H,1,10-15H2,2-3H3/t16-,17+,19+,20+,21-/m0/s1. The number of ether oxygens (including phenoxy) is 3. The zero-order valence-corrected chi connectivity index (χ0v) is 14.9. The molecule has 2 aliphatic heterocycles. The molecule has 0 bridgehead atoms. The van der Waals surface area contributed by atoms with Crippen LogP contribution in [-0.2, 0) is 20.8 Å². The Morgan fingerprint density at radius 1 is 1.12 bits per heavy atom. The molecule has 3 nitrogen and oxygen atoms in total. The van der Waals surface area contributed by atoms with Gasteiger partial charge in [0.2, 0.25) is 0 Å². The number of benzene rings is 1. The Bertz CT molecular complexity index is 525. The molecule has 2 saturated heterocycles. The van der Waals surface area contributed by atoms with Gasteiger partial charge in [0.25, 0.3) is 0 Å². The minimum Gasteiger partial charge on any atom is -0.374 e. The second kappa shape index (κ2) is 7.81. The van der Waals surface area contributed by atoms with Crippen molar-refractivity contribution < 1.29 is 14.2 Å². The molecule has 132 valence electrons. The van der Waals surface area contributed by atoms with Gasteiger partial charge in [-0.25, -0.2) is 0 Å². The summed E-state index contributed by atoms with van der Waals surface area (Å²) in [5.41, 5.74) is 1.20. The maximum Gasteiger partial charge on any atom is 0.169 e. The van der Waals surface area contributed by atoms with Crippen LogP contribution in [0.4, 0.5) is 0 Å². The molecule has 2 heterocycles. The van der Waals surface area contributed by atoms with Gasteiger partial charge >= 0.3 is 0 Å². The summed E-state index contributed by atoms with van der Waals surface area (Å²) in [6.07, 6.45) is 6.31. The van der Waals surface area contributed by atoms with Crippen LogP contribution in [-0.4, -0.2) is 24.6 Å². The van der Waals surface area contributed by atoms with Gasteiger partial charge in [0.1, 0.15) is 0 Å². The van der Waals surface area contributed by atoms with E-state index >= 15 is 0 Å². The van der Waals surface area contributed by atoms with E-state index in [0.29, 0.717) is 25.0 Å². The lowest BCUT2D eigenvalue weighted by molar-refractivity contribution is -0.328. The first-order valence-corrected chi connectivity index (χ1v) is 9.22. The maximum absolute atomic E-state index is 6.45. The van der Waals surface area contributed by atoms with E-state index in [9.17, 15) is 0 Å². The Morgan fingerprint density at radius 3 is 2.54 bits per heavy atom. The largest absolute Gasteiger partial charge is 0.374 e. The van der Waals surface area contributed by atoms with E-state index in [-0.39, 0.29) is 12.2 Å². The minimum absolute atomic E-state index is 0.0954. The zero-order chi connectivity index (χ0) is 17.0. The van der Waals surface area contributed by atoms with Gasteiger partial charge in [0.15, 0.2) is 5.79 Å². The highest BCUT2D eigenvalue weighted by Gasteiger charge is 2.45. The van der Waals surface area contributed by atoms with E-state index in [1.54, 1.807) is 0 Å². The van der Waals surface area contributed by atoms with Gasteiger partial charge < -0.3 is 14.2 Å². The third-order valence-corrected chi connectivity index (χ3v) is 5.50. The molecule has 0 radical (unpaired) electrons. The van der Waals surface area contributed by atoms with Crippen molar-refractivity contribution >= 4 is 0 Å². The second-order valence-corrected chi connectivity index (χ2v) is 7.42. The van der Waals surface area contributed by atoms with E-state index in [2.05, 4.69) is 32.6 Å². The first-order valence-electron chi connectivity index (χ1n) is 9.22. The van der Waals surface area contributed by atoms with Crippen molar-refractivity contribution in [3.05, 3.63) is 48.6 Å². The predicted molar refractivity (Wildman–Crippen MR) is 95.6 cm³/mol. The maximum atomic E-state index is 6.45. The van der Waals surface area contributed by atoms with Gasteiger partial charge in [-0.2, -0.15) is 0 Å². The quantitative estimate of drug-likeness (QED) is 0.731. The van der Waals surface area contributed by atoms with E-state index in [1.165, 1.54) is 5.56 Å². The van der Waals surface area contributed by atoms with E-state index in [1.807, 2.05) is 24.3 Å². The van der Waals surface area contributed by atoms with Crippen molar-refractivity contribution in [3.8, 4) is 0 Å². The fourth-order valence-electron chi connectivity index (χ4n) is 3.74. The summed E-state index contributed by atoms with van der Waals surface area (Å²) < 4.78 is 18.7. The molecule has 2 fully saturated rings. The third kappa shape index (κ3) is 4.08. The van der Waals surface area contributed by atoms with Crippen LogP contribution in [0.1, 0.15) is 45.1 Å². The van der Waals surface area contributed by atoms with Crippen LogP contribution >= 0.6 is 0 Å². The Morgan fingerprint density at radius 2 is 1.83 bits per heavy atom. The summed E-state index contributed by atoms with van der Waals surface area (Å²) >= 11 is 0. The Hall–Kier alpha value is -1.16. The molecule has 0 unspecified atom stereocenters. The summed E-state index contributed by atoms with van der Waals surface area (Å²) in [6, 6.07) is 10.3. The molecule has 0 amide bonds. The summed E-state index contributed by atoms with van der Waals surface area (Å²) in [5, 5.41) is 0. The molecule has 0 saturated carbocycles. The number of hydrogen-bond donors (Lipinski definition) is 0. The van der Waals surface area contributed by atoms with Crippen molar-refractivity contribution in [1.29, 1.82) is 0 Å².